The summed E-state index contributed by atoms with van der Waals surface area (Å²) in [5.74, 6) is 13.1. The average Bonchev–Trinajstić information content (AvgIpc) is 3.15. The molecule has 0 bridgehead atoms. The summed E-state index contributed by atoms with van der Waals surface area (Å²) in [6.45, 7) is 33.5. The lowest BCUT2D eigenvalue weighted by atomic mass is 9.90. The van der Waals surface area contributed by atoms with Crippen LogP contribution in [0.25, 0.3) is 0 Å². The molecular weight excluding hydrogens is 761 g/mol. The van der Waals surface area contributed by atoms with Crippen molar-refractivity contribution in [1.29, 1.82) is 0 Å². The zero-order chi connectivity index (χ0) is 45.3. The van der Waals surface area contributed by atoms with Gasteiger partial charge in [0.2, 0.25) is 0 Å². The van der Waals surface area contributed by atoms with Crippen LogP contribution in [-0.2, 0) is 41.7 Å². The molecule has 2 heterocycles. The van der Waals surface area contributed by atoms with Gasteiger partial charge in [-0.2, -0.15) is 9.59 Å². The maximum atomic E-state index is 12.2. The van der Waals surface area contributed by atoms with Crippen LogP contribution in [0.4, 0.5) is 9.59 Å². The van der Waals surface area contributed by atoms with E-state index in [0.717, 1.165) is 67.9 Å². The van der Waals surface area contributed by atoms with E-state index in [9.17, 15) is 14.4 Å². The number of rotatable bonds is 7. The second-order valence-electron chi connectivity index (χ2n) is 18.4. The van der Waals surface area contributed by atoms with Crippen molar-refractivity contribution in [2.24, 2.45) is 5.41 Å². The lowest BCUT2D eigenvalue weighted by Gasteiger charge is -2.35. The van der Waals surface area contributed by atoms with Crippen LogP contribution in [-0.4, -0.2) is 114 Å². The van der Waals surface area contributed by atoms with Gasteiger partial charge in [-0.3, -0.25) is 14.6 Å². The number of amides is 2. The Hall–Kier alpha value is -5.13. The van der Waals surface area contributed by atoms with E-state index in [4.69, 9.17) is 23.8 Å². The molecule has 2 aliphatic rings. The van der Waals surface area contributed by atoms with Gasteiger partial charge in [-0.25, -0.2) is 9.59 Å². The fraction of sp³-hybridized carbons (Fsp3) is 0.583. The van der Waals surface area contributed by atoms with E-state index < -0.39 is 16.8 Å². The standard InChI is InChI=1S/C24H36N2O2.C23H32N2O4.CO2/c1-8-24(6,7)12-11-20-17-19(2)9-10-21(20)18-25-13-15-26(16-14-25)22(27)28-23(3,4)5;1-18-7-8-20(19(15-18)9-10-23(5,6)28-17-26)16-24-11-13-25(14-12-24)21(27)29-22(2,3)4;2-1-3/h9-10,17H,8,13-16,18H2,1-7H3;7-8,15,17H,11-14,16H2,1-6H3;. The number of hydrogen-bond acceptors (Lipinski definition) is 10. The minimum absolute atomic E-state index is 0.0278. The third-order valence-corrected chi connectivity index (χ3v) is 9.63. The van der Waals surface area contributed by atoms with Gasteiger partial charge in [-0.1, -0.05) is 54.9 Å². The fourth-order valence-electron chi connectivity index (χ4n) is 5.89. The van der Waals surface area contributed by atoms with Gasteiger partial charge < -0.3 is 24.0 Å². The van der Waals surface area contributed by atoms with Crippen molar-refractivity contribution in [2.75, 3.05) is 52.4 Å². The number of carbonyl (C=O) groups is 3. The summed E-state index contributed by atoms with van der Waals surface area (Å²) in [5.41, 5.74) is 5.06. The van der Waals surface area contributed by atoms with E-state index in [2.05, 4.69) is 97.6 Å². The molecule has 2 saturated heterocycles. The van der Waals surface area contributed by atoms with Gasteiger partial charge in [0.25, 0.3) is 6.47 Å². The molecule has 2 fully saturated rings. The normalized spacial score (nSPS) is 14.9. The van der Waals surface area contributed by atoms with E-state index in [1.54, 1.807) is 23.6 Å². The van der Waals surface area contributed by atoms with Gasteiger partial charge in [0.05, 0.1) is 0 Å². The van der Waals surface area contributed by atoms with Crippen LogP contribution in [0, 0.1) is 42.9 Å². The summed E-state index contributed by atoms with van der Waals surface area (Å²) in [5, 5.41) is 0. The highest BCUT2D eigenvalue weighted by Gasteiger charge is 2.28. The maximum Gasteiger partial charge on any atom is 0.410 e. The Labute approximate surface area is 359 Å². The third-order valence-electron chi connectivity index (χ3n) is 9.63. The van der Waals surface area contributed by atoms with E-state index in [1.807, 2.05) is 48.5 Å². The predicted molar refractivity (Wildman–Crippen MR) is 233 cm³/mol. The number of benzene rings is 2. The average molecular weight is 829 g/mol. The van der Waals surface area contributed by atoms with Gasteiger partial charge >= 0.3 is 18.3 Å². The summed E-state index contributed by atoms with van der Waals surface area (Å²) in [6, 6.07) is 12.7. The minimum Gasteiger partial charge on any atom is -0.449 e. The van der Waals surface area contributed by atoms with Crippen LogP contribution in [0.15, 0.2) is 36.4 Å². The molecule has 328 valence electrons. The molecule has 0 aromatic heterocycles. The lowest BCUT2D eigenvalue weighted by molar-refractivity contribution is -0.191. The van der Waals surface area contributed by atoms with Crippen LogP contribution < -0.4 is 0 Å². The Morgan fingerprint density at radius 2 is 1.00 bits per heavy atom. The second-order valence-corrected chi connectivity index (χ2v) is 18.4. The van der Waals surface area contributed by atoms with Crippen molar-refractivity contribution in [3.05, 3.63) is 69.8 Å². The van der Waals surface area contributed by atoms with Gasteiger partial charge in [-0.05, 0) is 124 Å². The fourth-order valence-corrected chi connectivity index (χ4v) is 5.89. The van der Waals surface area contributed by atoms with Crippen molar-refractivity contribution >= 4 is 24.8 Å². The predicted octanol–water partition coefficient (Wildman–Crippen LogP) is 7.60. The topological polar surface area (TPSA) is 126 Å². The van der Waals surface area contributed by atoms with E-state index >= 15 is 0 Å². The molecule has 2 aromatic rings. The molecular formula is C48H68N4O8. The summed E-state index contributed by atoms with van der Waals surface area (Å²) >= 11 is 0. The summed E-state index contributed by atoms with van der Waals surface area (Å²) in [4.78, 5) is 59.6. The first-order valence-electron chi connectivity index (χ1n) is 20.7. The van der Waals surface area contributed by atoms with Crippen LogP contribution >= 0.6 is 0 Å². The molecule has 60 heavy (non-hydrogen) atoms. The summed E-state index contributed by atoms with van der Waals surface area (Å²) in [7, 11) is 0. The molecule has 0 radical (unpaired) electrons. The zero-order valence-electron chi connectivity index (χ0n) is 38.4. The molecule has 0 spiro atoms. The number of ether oxygens (including phenoxy) is 3. The molecule has 0 saturated carbocycles. The van der Waals surface area contributed by atoms with Crippen molar-refractivity contribution in [1.82, 2.24) is 19.6 Å². The summed E-state index contributed by atoms with van der Waals surface area (Å²) in [6.07, 6.45) is 0.820. The summed E-state index contributed by atoms with van der Waals surface area (Å²) < 4.78 is 16.0. The molecule has 12 heteroatoms. The smallest absolute Gasteiger partial charge is 0.410 e. The van der Waals surface area contributed by atoms with E-state index in [0.29, 0.717) is 32.7 Å². The minimum atomic E-state index is -0.832. The van der Waals surface area contributed by atoms with Gasteiger partial charge in [0.1, 0.15) is 11.2 Å². The molecule has 0 atom stereocenters. The number of nitrogens with zero attached hydrogens (tertiary/aromatic N) is 4. The highest BCUT2D eigenvalue weighted by Crippen LogP contribution is 2.21. The first-order chi connectivity index (χ1) is 27.9. The Kier molecular flexibility index (Phi) is 19.6. The van der Waals surface area contributed by atoms with Crippen LogP contribution in [0.1, 0.15) is 116 Å². The molecule has 4 rings (SSSR count). The number of hydrogen-bond donors (Lipinski definition) is 0. The quantitative estimate of drug-likeness (QED) is 0.157. The van der Waals surface area contributed by atoms with Crippen LogP contribution in [0.3, 0.4) is 0 Å². The highest BCUT2D eigenvalue weighted by atomic mass is 16.6. The molecule has 12 nitrogen and oxygen atoms in total. The van der Waals surface area contributed by atoms with Gasteiger partial charge in [-0.15, -0.1) is 0 Å². The highest BCUT2D eigenvalue weighted by molar-refractivity contribution is 5.68. The van der Waals surface area contributed by atoms with Crippen molar-refractivity contribution in [2.45, 2.75) is 126 Å². The van der Waals surface area contributed by atoms with E-state index in [-0.39, 0.29) is 23.8 Å². The Balaban J connectivity index is 0.000000388. The largest absolute Gasteiger partial charge is 0.449 e. The number of piperazine rings is 2. The number of aryl methyl sites for hydroxylation is 2. The lowest BCUT2D eigenvalue weighted by Crippen LogP contribution is -2.49. The Bertz CT molecular complexity index is 1900. The monoisotopic (exact) mass is 829 g/mol. The molecule has 2 amide bonds. The maximum absolute atomic E-state index is 12.2. The molecule has 2 aliphatic heterocycles. The molecule has 0 unspecified atom stereocenters. The Morgan fingerprint density at radius 3 is 1.33 bits per heavy atom. The van der Waals surface area contributed by atoms with Gasteiger partial charge in [0.15, 0.2) is 5.60 Å². The van der Waals surface area contributed by atoms with Crippen LogP contribution in [0.2, 0.25) is 0 Å². The van der Waals surface area contributed by atoms with Crippen molar-refractivity contribution in [3.8, 4) is 23.7 Å². The Morgan fingerprint density at radius 1 is 0.633 bits per heavy atom. The second kappa shape index (κ2) is 23.0. The van der Waals surface area contributed by atoms with Crippen molar-refractivity contribution in [3.63, 3.8) is 0 Å². The SMILES string of the molecule is CCC(C)(C)C#Cc1cc(C)ccc1CN1CCN(C(=O)OC(C)(C)C)CC1.Cc1ccc(CN2CCN(C(=O)OC(C)(C)C)CC2)c(C#CC(C)(C)OC=O)c1.O=C=O. The zero-order valence-corrected chi connectivity index (χ0v) is 38.4. The first kappa shape index (κ1) is 51.0. The van der Waals surface area contributed by atoms with Gasteiger partial charge in [0, 0.05) is 82.0 Å². The number of carbonyl (C=O) groups excluding carboxylic acids is 5. The molecule has 2 aromatic carbocycles. The molecule has 0 aliphatic carbocycles. The van der Waals surface area contributed by atoms with Crippen molar-refractivity contribution < 1.29 is 38.2 Å². The third kappa shape index (κ3) is 19.3. The molecule has 0 N–H and O–H groups in total. The first-order valence-corrected chi connectivity index (χ1v) is 20.7. The van der Waals surface area contributed by atoms with E-state index in [1.165, 1.54) is 11.1 Å². The van der Waals surface area contributed by atoms with Crippen LogP contribution in [0.5, 0.6) is 0 Å².